The predicted octanol–water partition coefficient (Wildman–Crippen LogP) is 4.12. The van der Waals surface area contributed by atoms with Crippen molar-refractivity contribution in [2.24, 2.45) is 0 Å². The van der Waals surface area contributed by atoms with Gasteiger partial charge in [0.25, 0.3) is 0 Å². The third kappa shape index (κ3) is 2.25. The van der Waals surface area contributed by atoms with Crippen LogP contribution in [0.5, 0.6) is 0 Å². The number of benzene rings is 2. The van der Waals surface area contributed by atoms with Crippen molar-refractivity contribution in [1.29, 1.82) is 0 Å². The van der Waals surface area contributed by atoms with Gasteiger partial charge < -0.3 is 4.90 Å². The molecule has 2 aromatic rings. The fraction of sp³-hybridized carbons (Fsp3) is 0.235. The lowest BCUT2D eigenvalue weighted by atomic mass is 10.0. The van der Waals surface area contributed by atoms with Gasteiger partial charge in [-0.25, -0.2) is 0 Å². The molecule has 0 N–H and O–H groups in total. The topological polar surface area (TPSA) is 20.3 Å². The molecule has 0 bridgehead atoms. The number of thioether (sulfide) groups is 1. The number of hydrogen-bond donors (Lipinski definition) is 0. The molecule has 2 nitrogen and oxygen atoms in total. The molecule has 2 heterocycles. The third-order valence-electron chi connectivity index (χ3n) is 4.18. The molecule has 1 amide bonds. The lowest BCUT2D eigenvalue weighted by molar-refractivity contribution is -0.117. The Morgan fingerprint density at radius 2 is 2.10 bits per heavy atom. The second-order valence-electron chi connectivity index (χ2n) is 5.50. The second kappa shape index (κ2) is 5.08. The molecular formula is C17H14ClNOS. The first kappa shape index (κ1) is 13.2. The summed E-state index contributed by atoms with van der Waals surface area (Å²) in [6.45, 7) is 0.746. The smallest absolute Gasteiger partial charge is 0.231 e. The van der Waals surface area contributed by atoms with Crippen molar-refractivity contribution in [2.45, 2.75) is 17.2 Å². The van der Waals surface area contributed by atoms with E-state index < -0.39 is 0 Å². The van der Waals surface area contributed by atoms with Crippen LogP contribution in [0.2, 0.25) is 5.02 Å². The molecule has 2 aromatic carbocycles. The highest BCUT2D eigenvalue weighted by molar-refractivity contribution is 7.99. The minimum absolute atomic E-state index is 0.182. The molecule has 106 valence electrons. The summed E-state index contributed by atoms with van der Waals surface area (Å²) in [6.07, 6.45) is 0.494. The number of carbonyl (C=O) groups excluding carboxylic acids is 1. The van der Waals surface area contributed by atoms with E-state index in [1.54, 1.807) is 0 Å². The van der Waals surface area contributed by atoms with Gasteiger partial charge in [0, 0.05) is 33.8 Å². The fourth-order valence-corrected chi connectivity index (χ4v) is 4.54. The Bertz CT molecular complexity index is 730. The van der Waals surface area contributed by atoms with Crippen LogP contribution in [0, 0.1) is 0 Å². The summed E-state index contributed by atoms with van der Waals surface area (Å²) < 4.78 is 0. The van der Waals surface area contributed by atoms with Crippen molar-refractivity contribution in [1.82, 2.24) is 0 Å². The van der Waals surface area contributed by atoms with E-state index in [9.17, 15) is 4.79 Å². The summed E-state index contributed by atoms with van der Waals surface area (Å²) in [5, 5.41) is 0.689. The molecule has 0 fully saturated rings. The van der Waals surface area contributed by atoms with Crippen molar-refractivity contribution in [3.8, 4) is 0 Å². The molecule has 1 unspecified atom stereocenters. The monoisotopic (exact) mass is 315 g/mol. The fourth-order valence-electron chi connectivity index (χ4n) is 3.13. The number of rotatable bonds is 2. The molecule has 0 saturated heterocycles. The lowest BCUT2D eigenvalue weighted by Crippen LogP contribution is -2.31. The summed E-state index contributed by atoms with van der Waals surface area (Å²) in [7, 11) is 0. The largest absolute Gasteiger partial charge is 0.311 e. The maximum Gasteiger partial charge on any atom is 0.231 e. The molecule has 0 aromatic heterocycles. The van der Waals surface area contributed by atoms with E-state index in [1.807, 2.05) is 34.9 Å². The van der Waals surface area contributed by atoms with Crippen LogP contribution in [0.4, 0.5) is 5.69 Å². The van der Waals surface area contributed by atoms with E-state index in [2.05, 4.69) is 24.3 Å². The molecule has 4 heteroatoms. The summed E-state index contributed by atoms with van der Waals surface area (Å²) in [6, 6.07) is 14.2. The van der Waals surface area contributed by atoms with Crippen LogP contribution >= 0.6 is 23.4 Å². The van der Waals surface area contributed by atoms with Gasteiger partial charge in [-0.1, -0.05) is 35.9 Å². The average molecular weight is 316 g/mol. The highest BCUT2D eigenvalue weighted by Gasteiger charge is 2.32. The first-order valence-electron chi connectivity index (χ1n) is 7.03. The van der Waals surface area contributed by atoms with E-state index in [1.165, 1.54) is 10.5 Å². The summed E-state index contributed by atoms with van der Waals surface area (Å²) in [4.78, 5) is 15.6. The maximum absolute atomic E-state index is 12.3. The first-order chi connectivity index (χ1) is 10.2. The summed E-state index contributed by atoms with van der Waals surface area (Å²) >= 11 is 7.97. The zero-order valence-electron chi connectivity index (χ0n) is 11.4. The standard InChI is InChI=1S/C17H14ClNOS/c18-13-6-5-11-7-17(20)19(15(11)8-13)9-12-10-21-16-4-2-1-3-14(12)16/h1-6,8,12H,7,9-10H2. The Morgan fingerprint density at radius 1 is 1.24 bits per heavy atom. The van der Waals surface area contributed by atoms with Gasteiger partial charge in [0.2, 0.25) is 5.91 Å². The van der Waals surface area contributed by atoms with E-state index in [0.717, 1.165) is 23.5 Å². The zero-order chi connectivity index (χ0) is 14.4. The van der Waals surface area contributed by atoms with Gasteiger partial charge >= 0.3 is 0 Å². The van der Waals surface area contributed by atoms with Crippen molar-refractivity contribution >= 4 is 35.0 Å². The van der Waals surface area contributed by atoms with Crippen molar-refractivity contribution in [3.63, 3.8) is 0 Å². The van der Waals surface area contributed by atoms with E-state index in [-0.39, 0.29) is 5.91 Å². The minimum Gasteiger partial charge on any atom is -0.311 e. The number of nitrogens with zero attached hydrogens (tertiary/aromatic N) is 1. The number of halogens is 1. The summed E-state index contributed by atoms with van der Waals surface area (Å²) in [5.74, 6) is 1.63. The van der Waals surface area contributed by atoms with Crippen LogP contribution in [0.25, 0.3) is 0 Å². The average Bonchev–Trinajstić information content (AvgIpc) is 3.02. The first-order valence-corrected chi connectivity index (χ1v) is 8.39. The number of fused-ring (bicyclic) bond motifs is 2. The van der Waals surface area contributed by atoms with Crippen LogP contribution in [0.3, 0.4) is 0 Å². The SMILES string of the molecule is O=C1Cc2ccc(Cl)cc2N1CC1CSc2ccccc21. The minimum atomic E-state index is 0.182. The molecule has 0 saturated carbocycles. The molecular weight excluding hydrogens is 302 g/mol. The van der Waals surface area contributed by atoms with Crippen LogP contribution in [-0.2, 0) is 11.2 Å². The van der Waals surface area contributed by atoms with Crippen LogP contribution in [-0.4, -0.2) is 18.2 Å². The van der Waals surface area contributed by atoms with E-state index >= 15 is 0 Å². The zero-order valence-corrected chi connectivity index (χ0v) is 13.0. The Morgan fingerprint density at radius 3 is 3.00 bits per heavy atom. The quantitative estimate of drug-likeness (QED) is 0.831. The van der Waals surface area contributed by atoms with E-state index in [4.69, 9.17) is 11.6 Å². The Labute approximate surface area is 133 Å². The predicted molar refractivity (Wildman–Crippen MR) is 87.4 cm³/mol. The van der Waals surface area contributed by atoms with Gasteiger partial charge in [-0.15, -0.1) is 11.8 Å². The Hall–Kier alpha value is -1.45. The Kier molecular flexibility index (Phi) is 3.20. The van der Waals surface area contributed by atoms with Crippen LogP contribution < -0.4 is 4.90 Å². The molecule has 1 atom stereocenters. The normalized spacial score (nSPS) is 19.8. The maximum atomic E-state index is 12.3. The van der Waals surface area contributed by atoms with Gasteiger partial charge in [0.05, 0.1) is 6.42 Å². The van der Waals surface area contributed by atoms with Gasteiger partial charge in [0.15, 0.2) is 0 Å². The molecule has 4 rings (SSSR count). The van der Waals surface area contributed by atoms with Crippen LogP contribution in [0.15, 0.2) is 47.4 Å². The van der Waals surface area contributed by atoms with Crippen molar-refractivity contribution in [3.05, 3.63) is 58.6 Å². The Balaban J connectivity index is 1.65. The van der Waals surface area contributed by atoms with Crippen molar-refractivity contribution in [2.75, 3.05) is 17.2 Å². The van der Waals surface area contributed by atoms with Crippen LogP contribution in [0.1, 0.15) is 17.0 Å². The number of carbonyl (C=O) groups is 1. The highest BCUT2D eigenvalue weighted by atomic mass is 35.5. The number of hydrogen-bond acceptors (Lipinski definition) is 2. The molecule has 0 spiro atoms. The lowest BCUT2D eigenvalue weighted by Gasteiger charge is -2.22. The highest BCUT2D eigenvalue weighted by Crippen LogP contribution is 2.41. The van der Waals surface area contributed by atoms with Gasteiger partial charge in [-0.3, -0.25) is 4.79 Å². The number of amides is 1. The third-order valence-corrected chi connectivity index (χ3v) is 5.67. The molecule has 2 aliphatic heterocycles. The molecule has 2 aliphatic rings. The van der Waals surface area contributed by atoms with E-state index in [0.29, 0.717) is 17.4 Å². The van der Waals surface area contributed by atoms with Crippen molar-refractivity contribution < 1.29 is 4.79 Å². The molecule has 21 heavy (non-hydrogen) atoms. The summed E-state index contributed by atoms with van der Waals surface area (Å²) in [5.41, 5.74) is 3.44. The van der Waals surface area contributed by atoms with Gasteiger partial charge in [-0.2, -0.15) is 0 Å². The molecule has 0 aliphatic carbocycles. The van der Waals surface area contributed by atoms with Gasteiger partial charge in [0.1, 0.15) is 0 Å². The van der Waals surface area contributed by atoms with Gasteiger partial charge in [-0.05, 0) is 29.3 Å². The molecule has 0 radical (unpaired) electrons. The number of anilines is 1. The second-order valence-corrected chi connectivity index (χ2v) is 7.00.